The molecule has 0 N–H and O–H groups in total. The highest BCUT2D eigenvalue weighted by Crippen LogP contribution is 2.13. The molecular formula is C9H9FN2OS. The number of carbonyl (C=O) groups is 1. The lowest BCUT2D eigenvalue weighted by molar-refractivity contribution is 0.0750. The Kier molecular flexibility index (Phi) is 2.58. The van der Waals surface area contributed by atoms with Crippen LogP contribution in [0.25, 0.3) is 0 Å². The first-order chi connectivity index (χ1) is 6.77. The Morgan fingerprint density at radius 3 is 3.14 bits per heavy atom. The van der Waals surface area contributed by atoms with Gasteiger partial charge in [-0.1, -0.05) is 0 Å². The normalized spacial score (nSPS) is 16.6. The SMILES string of the molecule is O=C(c1cscn1)N1CCC=C(F)C1. The molecule has 2 rings (SSSR count). The van der Waals surface area contributed by atoms with Crippen molar-refractivity contribution in [2.75, 3.05) is 13.1 Å². The average molecular weight is 212 g/mol. The number of hydrogen-bond acceptors (Lipinski definition) is 3. The second-order valence-corrected chi connectivity index (χ2v) is 3.76. The van der Waals surface area contributed by atoms with Crippen LogP contribution in [0.3, 0.4) is 0 Å². The monoisotopic (exact) mass is 212 g/mol. The lowest BCUT2D eigenvalue weighted by Gasteiger charge is -2.23. The Balaban J connectivity index is 2.10. The van der Waals surface area contributed by atoms with Crippen LogP contribution in [0.2, 0.25) is 0 Å². The summed E-state index contributed by atoms with van der Waals surface area (Å²) in [6, 6.07) is 0. The quantitative estimate of drug-likeness (QED) is 0.711. The molecule has 1 aromatic heterocycles. The molecule has 0 atom stereocenters. The molecule has 0 saturated carbocycles. The van der Waals surface area contributed by atoms with E-state index in [-0.39, 0.29) is 18.3 Å². The first-order valence-electron chi connectivity index (χ1n) is 4.29. The second-order valence-electron chi connectivity index (χ2n) is 3.04. The lowest BCUT2D eigenvalue weighted by atomic mass is 10.2. The molecule has 0 aliphatic carbocycles. The molecule has 0 saturated heterocycles. The van der Waals surface area contributed by atoms with Gasteiger partial charge in [-0.15, -0.1) is 11.3 Å². The summed E-state index contributed by atoms with van der Waals surface area (Å²) in [6.45, 7) is 0.653. The van der Waals surface area contributed by atoms with Crippen LogP contribution in [0.1, 0.15) is 16.9 Å². The Hall–Kier alpha value is -1.23. The fourth-order valence-corrected chi connectivity index (χ4v) is 1.88. The Labute approximate surface area is 84.9 Å². The summed E-state index contributed by atoms with van der Waals surface area (Å²) in [5.74, 6) is -0.422. The minimum atomic E-state index is -0.236. The van der Waals surface area contributed by atoms with E-state index in [1.807, 2.05) is 0 Å². The van der Waals surface area contributed by atoms with Crippen LogP contribution in [0, 0.1) is 0 Å². The third-order valence-electron chi connectivity index (χ3n) is 2.05. The predicted molar refractivity (Wildman–Crippen MR) is 51.8 cm³/mol. The van der Waals surface area contributed by atoms with Gasteiger partial charge in [-0.05, 0) is 12.5 Å². The van der Waals surface area contributed by atoms with Crippen LogP contribution in [-0.4, -0.2) is 28.9 Å². The maximum Gasteiger partial charge on any atom is 0.273 e. The number of hydrogen-bond donors (Lipinski definition) is 0. The average Bonchev–Trinajstić information content (AvgIpc) is 2.69. The van der Waals surface area contributed by atoms with Gasteiger partial charge in [0, 0.05) is 11.9 Å². The standard InChI is InChI=1S/C9H9FN2OS/c10-7-2-1-3-12(4-7)9(13)8-5-14-6-11-8/h2,5-6H,1,3-4H2. The van der Waals surface area contributed by atoms with Crippen LogP contribution < -0.4 is 0 Å². The maximum atomic E-state index is 12.9. The zero-order valence-corrected chi connectivity index (χ0v) is 8.26. The molecule has 0 bridgehead atoms. The minimum Gasteiger partial charge on any atom is -0.330 e. The lowest BCUT2D eigenvalue weighted by Crippen LogP contribution is -2.35. The topological polar surface area (TPSA) is 33.2 Å². The van der Waals surface area contributed by atoms with E-state index in [4.69, 9.17) is 0 Å². The molecule has 0 aromatic carbocycles. The molecule has 5 heteroatoms. The van der Waals surface area contributed by atoms with Crippen molar-refractivity contribution in [1.82, 2.24) is 9.88 Å². The second kappa shape index (κ2) is 3.88. The smallest absolute Gasteiger partial charge is 0.273 e. The molecule has 14 heavy (non-hydrogen) atoms. The van der Waals surface area contributed by atoms with E-state index in [9.17, 15) is 9.18 Å². The zero-order valence-electron chi connectivity index (χ0n) is 7.44. The van der Waals surface area contributed by atoms with Crippen molar-refractivity contribution in [3.05, 3.63) is 28.5 Å². The predicted octanol–water partition coefficient (Wildman–Crippen LogP) is 1.84. The van der Waals surface area contributed by atoms with Crippen LogP contribution in [0.4, 0.5) is 4.39 Å². The molecule has 74 valence electrons. The van der Waals surface area contributed by atoms with Crippen LogP contribution in [0.15, 0.2) is 22.8 Å². The Bertz CT molecular complexity index is 361. The van der Waals surface area contributed by atoms with Crippen molar-refractivity contribution in [2.45, 2.75) is 6.42 Å². The fraction of sp³-hybridized carbons (Fsp3) is 0.333. The van der Waals surface area contributed by atoms with E-state index >= 15 is 0 Å². The molecule has 0 unspecified atom stereocenters. The summed E-state index contributed by atoms with van der Waals surface area (Å²) in [7, 11) is 0. The fourth-order valence-electron chi connectivity index (χ4n) is 1.36. The van der Waals surface area contributed by atoms with Gasteiger partial charge in [-0.25, -0.2) is 9.37 Å². The number of nitrogens with zero attached hydrogens (tertiary/aromatic N) is 2. The number of amides is 1. The summed E-state index contributed by atoms with van der Waals surface area (Å²) in [6.07, 6.45) is 2.10. The molecular weight excluding hydrogens is 203 g/mol. The number of thiazole rings is 1. The van der Waals surface area contributed by atoms with E-state index in [0.29, 0.717) is 18.7 Å². The van der Waals surface area contributed by atoms with Gasteiger partial charge in [-0.3, -0.25) is 4.79 Å². The zero-order chi connectivity index (χ0) is 9.97. The van der Waals surface area contributed by atoms with Crippen molar-refractivity contribution in [1.29, 1.82) is 0 Å². The largest absolute Gasteiger partial charge is 0.330 e. The van der Waals surface area contributed by atoms with Crippen molar-refractivity contribution >= 4 is 17.2 Å². The third-order valence-corrected chi connectivity index (χ3v) is 2.63. The van der Waals surface area contributed by atoms with Gasteiger partial charge in [0.25, 0.3) is 5.91 Å². The summed E-state index contributed by atoms with van der Waals surface area (Å²) < 4.78 is 12.9. The Morgan fingerprint density at radius 1 is 1.64 bits per heavy atom. The number of rotatable bonds is 1. The van der Waals surface area contributed by atoms with E-state index < -0.39 is 0 Å². The van der Waals surface area contributed by atoms with Gasteiger partial charge in [0.2, 0.25) is 0 Å². The van der Waals surface area contributed by atoms with Gasteiger partial charge >= 0.3 is 0 Å². The van der Waals surface area contributed by atoms with Gasteiger partial charge in [0.15, 0.2) is 0 Å². The molecule has 0 spiro atoms. The summed E-state index contributed by atoms with van der Waals surface area (Å²) in [5, 5.41) is 1.68. The van der Waals surface area contributed by atoms with E-state index in [0.717, 1.165) is 0 Å². The minimum absolute atomic E-state index is 0.0797. The van der Waals surface area contributed by atoms with Crippen molar-refractivity contribution in [2.24, 2.45) is 0 Å². The van der Waals surface area contributed by atoms with E-state index in [1.54, 1.807) is 10.9 Å². The van der Waals surface area contributed by atoms with Gasteiger partial charge in [0.1, 0.15) is 11.5 Å². The molecule has 1 amide bonds. The van der Waals surface area contributed by atoms with Crippen molar-refractivity contribution in [3.8, 4) is 0 Å². The number of aromatic nitrogens is 1. The van der Waals surface area contributed by atoms with Crippen LogP contribution >= 0.6 is 11.3 Å². The van der Waals surface area contributed by atoms with Crippen LogP contribution in [0.5, 0.6) is 0 Å². The maximum absolute atomic E-state index is 12.9. The van der Waals surface area contributed by atoms with Gasteiger partial charge in [-0.2, -0.15) is 0 Å². The highest BCUT2D eigenvalue weighted by Gasteiger charge is 2.20. The highest BCUT2D eigenvalue weighted by molar-refractivity contribution is 7.07. The summed E-state index contributed by atoms with van der Waals surface area (Å²) in [4.78, 5) is 17.1. The molecule has 1 aliphatic heterocycles. The molecule has 2 heterocycles. The third kappa shape index (κ3) is 1.82. The number of halogens is 1. The van der Waals surface area contributed by atoms with Crippen molar-refractivity contribution < 1.29 is 9.18 Å². The molecule has 0 fully saturated rings. The molecule has 1 aliphatic rings. The van der Waals surface area contributed by atoms with Gasteiger partial charge < -0.3 is 4.90 Å². The van der Waals surface area contributed by atoms with Crippen molar-refractivity contribution in [3.63, 3.8) is 0 Å². The van der Waals surface area contributed by atoms with Crippen LogP contribution in [-0.2, 0) is 0 Å². The molecule has 3 nitrogen and oxygen atoms in total. The first-order valence-corrected chi connectivity index (χ1v) is 5.23. The molecule has 0 radical (unpaired) electrons. The Morgan fingerprint density at radius 2 is 2.50 bits per heavy atom. The summed E-state index contributed by atoms with van der Waals surface area (Å²) in [5.41, 5.74) is 2.01. The van der Waals surface area contributed by atoms with E-state index in [2.05, 4.69) is 4.98 Å². The number of carbonyl (C=O) groups excluding carboxylic acids is 1. The first kappa shape index (κ1) is 9.33. The molecule has 1 aromatic rings. The van der Waals surface area contributed by atoms with Gasteiger partial charge in [0.05, 0.1) is 12.1 Å². The highest BCUT2D eigenvalue weighted by atomic mass is 32.1. The summed E-state index contributed by atoms with van der Waals surface area (Å²) >= 11 is 1.37. The van der Waals surface area contributed by atoms with E-state index in [1.165, 1.54) is 22.3 Å².